The van der Waals surface area contributed by atoms with E-state index in [1.54, 1.807) is 6.07 Å². The molecule has 0 radical (unpaired) electrons. The summed E-state index contributed by atoms with van der Waals surface area (Å²) in [6, 6.07) is 0.821. The maximum absolute atomic E-state index is 12.3. The van der Waals surface area contributed by atoms with E-state index >= 15 is 0 Å². The lowest BCUT2D eigenvalue weighted by molar-refractivity contribution is -0.159. The number of fused-ring (bicyclic) bond motifs is 1. The SMILES string of the molecule is C[C@@H](C#N)OC(=O)[C@H](C)N1C(=O)[C@H]2CCCC[C@H]2C1=O. The van der Waals surface area contributed by atoms with Crippen molar-refractivity contribution in [3.8, 4) is 6.07 Å². The molecule has 0 spiro atoms. The first-order valence-electron chi connectivity index (χ1n) is 6.94. The Morgan fingerprint density at radius 2 is 1.75 bits per heavy atom. The highest BCUT2D eigenvalue weighted by Crippen LogP contribution is 2.38. The Hall–Kier alpha value is -1.90. The molecule has 20 heavy (non-hydrogen) atoms. The van der Waals surface area contributed by atoms with E-state index in [1.165, 1.54) is 13.8 Å². The Balaban J connectivity index is 2.12. The molecule has 1 saturated carbocycles. The summed E-state index contributed by atoms with van der Waals surface area (Å²) in [5, 5.41) is 8.63. The monoisotopic (exact) mass is 278 g/mol. The van der Waals surface area contributed by atoms with Crippen LogP contribution in [0, 0.1) is 23.2 Å². The Morgan fingerprint density at radius 3 is 2.20 bits per heavy atom. The lowest BCUT2D eigenvalue weighted by Gasteiger charge is -2.22. The van der Waals surface area contributed by atoms with Crippen LogP contribution in [0.5, 0.6) is 0 Å². The lowest BCUT2D eigenvalue weighted by atomic mass is 9.81. The Labute approximate surface area is 117 Å². The first-order chi connectivity index (χ1) is 9.47. The zero-order valence-electron chi connectivity index (χ0n) is 11.7. The zero-order valence-corrected chi connectivity index (χ0v) is 11.7. The van der Waals surface area contributed by atoms with Gasteiger partial charge in [-0.25, -0.2) is 4.79 Å². The molecular weight excluding hydrogens is 260 g/mol. The number of hydrogen-bond acceptors (Lipinski definition) is 5. The number of esters is 1. The van der Waals surface area contributed by atoms with E-state index in [9.17, 15) is 14.4 Å². The number of nitrogens with zero attached hydrogens (tertiary/aromatic N) is 2. The molecule has 4 atom stereocenters. The summed E-state index contributed by atoms with van der Waals surface area (Å²) in [6.07, 6.45) is 2.42. The van der Waals surface area contributed by atoms with E-state index in [1.807, 2.05) is 0 Å². The first kappa shape index (κ1) is 14.5. The number of ether oxygens (including phenoxy) is 1. The number of rotatable bonds is 3. The predicted molar refractivity (Wildman–Crippen MR) is 67.9 cm³/mol. The lowest BCUT2D eigenvalue weighted by Crippen LogP contribution is -2.45. The molecule has 2 fully saturated rings. The van der Waals surface area contributed by atoms with Gasteiger partial charge < -0.3 is 4.74 Å². The van der Waals surface area contributed by atoms with E-state index in [0.717, 1.165) is 17.7 Å². The fraction of sp³-hybridized carbons (Fsp3) is 0.714. The molecule has 0 unspecified atom stereocenters. The number of nitriles is 1. The van der Waals surface area contributed by atoms with Crippen LogP contribution >= 0.6 is 0 Å². The highest BCUT2D eigenvalue weighted by molar-refractivity contribution is 6.07. The van der Waals surface area contributed by atoms with Crippen LogP contribution in [-0.2, 0) is 19.1 Å². The third-order valence-corrected chi connectivity index (χ3v) is 4.08. The minimum absolute atomic E-state index is 0.270. The maximum atomic E-state index is 12.3. The minimum Gasteiger partial charge on any atom is -0.446 e. The second-order valence-corrected chi connectivity index (χ2v) is 5.43. The van der Waals surface area contributed by atoms with Crippen LogP contribution in [-0.4, -0.2) is 34.8 Å². The minimum atomic E-state index is -0.962. The molecule has 6 nitrogen and oxygen atoms in total. The number of carbonyl (C=O) groups is 3. The average Bonchev–Trinajstić information content (AvgIpc) is 2.70. The third kappa shape index (κ3) is 2.40. The second kappa shape index (κ2) is 5.61. The van der Waals surface area contributed by atoms with Crippen LogP contribution < -0.4 is 0 Å². The fourth-order valence-corrected chi connectivity index (χ4v) is 2.97. The highest BCUT2D eigenvalue weighted by atomic mass is 16.5. The van der Waals surface area contributed by atoms with Crippen molar-refractivity contribution in [2.75, 3.05) is 0 Å². The van der Waals surface area contributed by atoms with E-state index in [2.05, 4.69) is 0 Å². The van der Waals surface area contributed by atoms with Crippen LogP contribution in [0.15, 0.2) is 0 Å². The Morgan fingerprint density at radius 1 is 1.25 bits per heavy atom. The summed E-state index contributed by atoms with van der Waals surface area (Å²) in [4.78, 5) is 37.5. The summed E-state index contributed by atoms with van der Waals surface area (Å²) in [7, 11) is 0. The van der Waals surface area contributed by atoms with Gasteiger partial charge in [0.25, 0.3) is 0 Å². The maximum Gasteiger partial charge on any atom is 0.330 e. The largest absolute Gasteiger partial charge is 0.446 e. The van der Waals surface area contributed by atoms with E-state index in [4.69, 9.17) is 10.00 Å². The summed E-state index contributed by atoms with van der Waals surface area (Å²) >= 11 is 0. The number of amides is 2. The van der Waals surface area contributed by atoms with Crippen molar-refractivity contribution in [2.24, 2.45) is 11.8 Å². The van der Waals surface area contributed by atoms with Gasteiger partial charge in [-0.3, -0.25) is 14.5 Å². The van der Waals surface area contributed by atoms with Gasteiger partial charge in [-0.1, -0.05) is 12.8 Å². The Bertz CT molecular complexity index is 458. The molecular formula is C14H18N2O4. The van der Waals surface area contributed by atoms with Gasteiger partial charge in [0, 0.05) is 0 Å². The molecule has 1 aliphatic heterocycles. The Kier molecular flexibility index (Phi) is 4.07. The van der Waals surface area contributed by atoms with Gasteiger partial charge >= 0.3 is 5.97 Å². The highest BCUT2D eigenvalue weighted by Gasteiger charge is 2.51. The summed E-state index contributed by atoms with van der Waals surface area (Å²) < 4.78 is 4.88. The number of imide groups is 1. The molecule has 0 bridgehead atoms. The van der Waals surface area contributed by atoms with Crippen molar-refractivity contribution in [1.29, 1.82) is 5.26 Å². The quantitative estimate of drug-likeness (QED) is 0.568. The van der Waals surface area contributed by atoms with Gasteiger partial charge in [-0.05, 0) is 26.7 Å². The normalized spacial score (nSPS) is 28.6. The smallest absolute Gasteiger partial charge is 0.330 e. The van der Waals surface area contributed by atoms with Crippen molar-refractivity contribution < 1.29 is 19.1 Å². The molecule has 1 heterocycles. The van der Waals surface area contributed by atoms with Crippen LogP contribution in [0.1, 0.15) is 39.5 Å². The van der Waals surface area contributed by atoms with E-state index in [-0.39, 0.29) is 23.7 Å². The van der Waals surface area contributed by atoms with Crippen LogP contribution in [0.25, 0.3) is 0 Å². The second-order valence-electron chi connectivity index (χ2n) is 5.43. The molecule has 2 rings (SSSR count). The van der Waals surface area contributed by atoms with Crippen LogP contribution in [0.2, 0.25) is 0 Å². The van der Waals surface area contributed by atoms with Crippen LogP contribution in [0.3, 0.4) is 0 Å². The van der Waals surface area contributed by atoms with Crippen molar-refractivity contribution in [3.63, 3.8) is 0 Å². The molecule has 1 saturated heterocycles. The van der Waals surface area contributed by atoms with Crippen LogP contribution in [0.4, 0.5) is 0 Å². The van der Waals surface area contributed by atoms with E-state index in [0.29, 0.717) is 12.8 Å². The van der Waals surface area contributed by atoms with E-state index < -0.39 is 18.1 Å². The van der Waals surface area contributed by atoms with Gasteiger partial charge in [-0.15, -0.1) is 0 Å². The number of hydrogen-bond donors (Lipinski definition) is 0. The summed E-state index contributed by atoms with van der Waals surface area (Å²) in [5.74, 6) is -1.80. The summed E-state index contributed by atoms with van der Waals surface area (Å²) in [6.45, 7) is 2.91. The molecule has 0 aromatic heterocycles. The predicted octanol–water partition coefficient (Wildman–Crippen LogP) is 1.01. The van der Waals surface area contributed by atoms with Gasteiger partial charge in [0.1, 0.15) is 12.1 Å². The van der Waals surface area contributed by atoms with Crippen molar-refractivity contribution in [3.05, 3.63) is 0 Å². The van der Waals surface area contributed by atoms with Gasteiger partial charge in [-0.2, -0.15) is 5.26 Å². The molecule has 108 valence electrons. The topological polar surface area (TPSA) is 87.5 Å². The van der Waals surface area contributed by atoms with Crippen molar-refractivity contribution in [2.45, 2.75) is 51.7 Å². The molecule has 2 amide bonds. The fourth-order valence-electron chi connectivity index (χ4n) is 2.97. The molecule has 2 aliphatic rings. The molecule has 6 heteroatoms. The number of carbonyl (C=O) groups excluding carboxylic acids is 3. The standard InChI is InChI=1S/C14H18N2O4/c1-8(7-15)20-14(19)9(2)16-12(17)10-5-3-4-6-11(10)13(16)18/h8-11H,3-6H2,1-2H3/t8-,9-,10-,11+/m0/s1. The third-order valence-electron chi connectivity index (χ3n) is 4.08. The molecule has 0 aromatic carbocycles. The van der Waals surface area contributed by atoms with Gasteiger partial charge in [0.05, 0.1) is 11.8 Å². The first-order valence-corrected chi connectivity index (χ1v) is 6.94. The molecule has 1 aliphatic carbocycles. The van der Waals surface area contributed by atoms with Gasteiger partial charge in [0.15, 0.2) is 6.10 Å². The van der Waals surface area contributed by atoms with Crippen molar-refractivity contribution >= 4 is 17.8 Å². The zero-order chi connectivity index (χ0) is 14.9. The average molecular weight is 278 g/mol. The molecule has 0 N–H and O–H groups in total. The number of likely N-dealkylation sites (tertiary alicyclic amines) is 1. The van der Waals surface area contributed by atoms with Gasteiger partial charge in [0.2, 0.25) is 11.8 Å². The van der Waals surface area contributed by atoms with Crippen molar-refractivity contribution in [1.82, 2.24) is 4.90 Å². The summed E-state index contributed by atoms with van der Waals surface area (Å²) in [5.41, 5.74) is 0. The molecule has 0 aromatic rings.